The monoisotopic (exact) mass is 435 g/mol. The van der Waals surface area contributed by atoms with Crippen LogP contribution < -0.4 is 13.7 Å². The van der Waals surface area contributed by atoms with Crippen LogP contribution in [-0.2, 0) is 48.9 Å². The molecule has 166 valence electrons. The Morgan fingerprint density at radius 3 is 1.52 bits per heavy atom. The average Bonchev–Trinajstić information content (AvgIpc) is 3.37. The van der Waals surface area contributed by atoms with Crippen LogP contribution in [0.15, 0.2) is 56.2 Å². The Morgan fingerprint density at radius 1 is 0.677 bits per heavy atom. The van der Waals surface area contributed by atoms with E-state index in [1.165, 1.54) is 9.13 Å². The highest BCUT2D eigenvalue weighted by Crippen LogP contribution is 1.98. The predicted molar refractivity (Wildman–Crippen MR) is 101 cm³/mol. The Labute approximate surface area is 177 Å². The fourth-order valence-corrected chi connectivity index (χ4v) is 3.34. The summed E-state index contributed by atoms with van der Waals surface area (Å²) in [6, 6.07) is 0. The molecular weight excluding hydrogens is 408 g/mol. The van der Waals surface area contributed by atoms with Crippen molar-refractivity contribution >= 4 is 11.9 Å². The van der Waals surface area contributed by atoms with E-state index in [4.69, 9.17) is 10.2 Å². The first-order valence-electron chi connectivity index (χ1n) is 9.71. The van der Waals surface area contributed by atoms with E-state index in [0.717, 1.165) is 0 Å². The zero-order valence-electron chi connectivity index (χ0n) is 16.9. The summed E-state index contributed by atoms with van der Waals surface area (Å²) in [5, 5.41) is 38.3. The first kappa shape index (κ1) is 22.2. The maximum absolute atomic E-state index is 10.7. The van der Waals surface area contributed by atoms with Crippen molar-refractivity contribution < 1.29 is 43.7 Å². The third-order valence-electron chi connectivity index (χ3n) is 4.56. The van der Waals surface area contributed by atoms with Crippen LogP contribution in [0.3, 0.4) is 0 Å². The van der Waals surface area contributed by atoms with Gasteiger partial charge in [0.05, 0.1) is 0 Å². The molecule has 0 radical (unpaired) electrons. The number of aromatic nitrogens is 6. The highest BCUT2D eigenvalue weighted by molar-refractivity contribution is 5.65. The number of rotatable bonds is 12. The summed E-state index contributed by atoms with van der Waals surface area (Å²) in [5.74, 6) is -1.86. The van der Waals surface area contributed by atoms with Crippen LogP contribution in [0.25, 0.3) is 0 Å². The maximum atomic E-state index is 10.7. The van der Waals surface area contributed by atoms with E-state index in [0.29, 0.717) is 26.2 Å². The van der Waals surface area contributed by atoms with E-state index < -0.39 is 24.1 Å². The summed E-state index contributed by atoms with van der Waals surface area (Å²) in [7, 11) is 0. The van der Waals surface area contributed by atoms with Crippen LogP contribution in [0.4, 0.5) is 0 Å². The average molecular weight is 435 g/mol. The highest BCUT2D eigenvalue weighted by Gasteiger charge is 2.18. The molecule has 0 amide bonds. The van der Waals surface area contributed by atoms with Crippen LogP contribution in [-0.4, -0.2) is 58.3 Å². The predicted octanol–water partition coefficient (Wildman–Crippen LogP) is -2.75. The van der Waals surface area contributed by atoms with Crippen molar-refractivity contribution in [2.75, 3.05) is 0 Å². The number of hydrogen-bond donors (Lipinski definition) is 4. The molecule has 3 heterocycles. The van der Waals surface area contributed by atoms with Gasteiger partial charge in [0.1, 0.15) is 75.6 Å². The van der Waals surface area contributed by atoms with Gasteiger partial charge in [-0.3, -0.25) is 0 Å². The standard InChI is InChI=1S/C19H25N6O6/c26-16(9-22-3-5-24(14-22)11-18(28)29)7-20-1-2-21(13-20)8-17(27)10-23-4-6-25(15-23)12-19(30)31/h1-6,13-17,26-27H,7-12H2/q+1/p+2. The molecule has 3 aromatic rings. The number of imidazole rings is 3. The maximum Gasteiger partial charge on any atom is 0.346 e. The fraction of sp³-hybridized carbons (Fsp3) is 0.421. The normalized spacial score (nSPS) is 13.2. The van der Waals surface area contributed by atoms with Crippen LogP contribution in [0.1, 0.15) is 0 Å². The van der Waals surface area contributed by atoms with Gasteiger partial charge in [-0.1, -0.05) is 0 Å². The molecule has 0 aromatic carbocycles. The zero-order valence-corrected chi connectivity index (χ0v) is 16.9. The molecule has 0 saturated heterocycles. The van der Waals surface area contributed by atoms with E-state index in [-0.39, 0.29) is 13.1 Å². The molecule has 3 aromatic heterocycles. The van der Waals surface area contributed by atoms with E-state index in [1.54, 1.807) is 65.3 Å². The van der Waals surface area contributed by atoms with Gasteiger partial charge in [0.25, 0.3) is 0 Å². The quantitative estimate of drug-likeness (QED) is 0.227. The van der Waals surface area contributed by atoms with E-state index in [1.807, 2.05) is 9.13 Å². The second-order valence-electron chi connectivity index (χ2n) is 7.47. The first-order chi connectivity index (χ1) is 14.8. The molecule has 0 fully saturated rings. The minimum absolute atomic E-state index is 0.133. The summed E-state index contributed by atoms with van der Waals surface area (Å²) in [6.07, 6.45) is 14.0. The summed E-state index contributed by atoms with van der Waals surface area (Å²) in [4.78, 5) is 21.5. The van der Waals surface area contributed by atoms with Crippen molar-refractivity contribution in [3.63, 3.8) is 0 Å². The minimum atomic E-state index is -0.932. The van der Waals surface area contributed by atoms with Crippen molar-refractivity contribution in [3.8, 4) is 0 Å². The van der Waals surface area contributed by atoms with E-state index >= 15 is 0 Å². The Bertz CT molecular complexity index is 946. The summed E-state index contributed by atoms with van der Waals surface area (Å²) in [5.41, 5.74) is 0. The lowest BCUT2D eigenvalue weighted by Gasteiger charge is -2.06. The number of nitrogens with zero attached hydrogens (tertiary/aromatic N) is 6. The van der Waals surface area contributed by atoms with Crippen molar-refractivity contribution in [2.24, 2.45) is 0 Å². The lowest BCUT2D eigenvalue weighted by atomic mass is 10.3. The summed E-state index contributed by atoms with van der Waals surface area (Å²) >= 11 is 0. The van der Waals surface area contributed by atoms with Gasteiger partial charge in [0.15, 0.2) is 13.1 Å². The number of aliphatic hydroxyl groups is 2. The third kappa shape index (κ3) is 7.04. The lowest BCUT2D eigenvalue weighted by Crippen LogP contribution is -2.40. The van der Waals surface area contributed by atoms with Gasteiger partial charge in [-0.15, -0.1) is 0 Å². The largest absolute Gasteiger partial charge is 0.478 e. The molecular formula is C19H27N6O6+3. The van der Waals surface area contributed by atoms with Gasteiger partial charge >= 0.3 is 11.9 Å². The van der Waals surface area contributed by atoms with Crippen LogP contribution in [0, 0.1) is 0 Å². The van der Waals surface area contributed by atoms with Crippen molar-refractivity contribution in [1.29, 1.82) is 0 Å². The molecule has 3 rings (SSSR count). The number of hydrogen-bond acceptors (Lipinski definition) is 4. The first-order valence-corrected chi connectivity index (χ1v) is 9.71. The molecule has 2 atom stereocenters. The van der Waals surface area contributed by atoms with Gasteiger partial charge in [-0.25, -0.2) is 37.0 Å². The van der Waals surface area contributed by atoms with Crippen LogP contribution >= 0.6 is 0 Å². The zero-order chi connectivity index (χ0) is 22.4. The van der Waals surface area contributed by atoms with E-state index in [9.17, 15) is 19.8 Å². The molecule has 31 heavy (non-hydrogen) atoms. The molecule has 12 nitrogen and oxygen atoms in total. The lowest BCUT2D eigenvalue weighted by molar-refractivity contribution is -0.703. The van der Waals surface area contributed by atoms with E-state index in [2.05, 4.69) is 0 Å². The molecule has 0 bridgehead atoms. The Hall–Kier alpha value is -3.51. The van der Waals surface area contributed by atoms with Crippen LogP contribution in [0.2, 0.25) is 0 Å². The second kappa shape index (κ2) is 10.00. The molecule has 12 heteroatoms. The Kier molecular flexibility index (Phi) is 7.15. The molecule has 0 aliphatic carbocycles. The molecule has 0 spiro atoms. The van der Waals surface area contributed by atoms with Crippen molar-refractivity contribution in [1.82, 2.24) is 13.7 Å². The summed E-state index contributed by atoms with van der Waals surface area (Å²) < 4.78 is 10.1. The molecule has 0 aliphatic rings. The molecule has 0 saturated carbocycles. The summed E-state index contributed by atoms with van der Waals surface area (Å²) in [6.45, 7) is 1.05. The number of carboxylic acid groups (broad SMARTS) is 2. The van der Waals surface area contributed by atoms with Gasteiger partial charge in [0.2, 0.25) is 19.0 Å². The Morgan fingerprint density at radius 2 is 1.06 bits per heavy atom. The highest BCUT2D eigenvalue weighted by atomic mass is 16.4. The third-order valence-corrected chi connectivity index (χ3v) is 4.56. The van der Waals surface area contributed by atoms with Crippen molar-refractivity contribution in [2.45, 2.75) is 51.5 Å². The van der Waals surface area contributed by atoms with Gasteiger partial charge in [-0.2, -0.15) is 0 Å². The van der Waals surface area contributed by atoms with Gasteiger partial charge < -0.3 is 20.4 Å². The second-order valence-corrected chi connectivity index (χ2v) is 7.47. The number of carbonyl (C=O) groups is 2. The Balaban J connectivity index is 1.46. The fourth-order valence-electron chi connectivity index (χ4n) is 3.34. The van der Waals surface area contributed by atoms with Crippen LogP contribution in [0.5, 0.6) is 0 Å². The number of carboxylic acids is 2. The minimum Gasteiger partial charge on any atom is -0.478 e. The number of aliphatic carboxylic acids is 2. The SMILES string of the molecule is O=C(O)C[n+]1ccn(CC(O)Cn2cc[n+](CC(O)Cn3cc[n+](CC(=O)O)c3)c2)c1. The van der Waals surface area contributed by atoms with Gasteiger partial charge in [0, 0.05) is 0 Å². The molecule has 0 aliphatic heterocycles. The van der Waals surface area contributed by atoms with Gasteiger partial charge in [-0.05, 0) is 0 Å². The molecule has 2 unspecified atom stereocenters. The molecule has 4 N–H and O–H groups in total. The smallest absolute Gasteiger partial charge is 0.346 e. The number of aliphatic hydroxyl groups excluding tert-OH is 2. The topological polar surface area (TPSA) is 141 Å². The van der Waals surface area contributed by atoms with Crippen molar-refractivity contribution in [3.05, 3.63) is 56.2 Å².